The van der Waals surface area contributed by atoms with Gasteiger partial charge in [-0.2, -0.15) is 0 Å². The minimum atomic E-state index is -0.775. The number of nitrogens with zero attached hydrogens (tertiary/aromatic N) is 1. The van der Waals surface area contributed by atoms with Gasteiger partial charge in [0.25, 0.3) is 17.7 Å². The summed E-state index contributed by atoms with van der Waals surface area (Å²) < 4.78 is 10.1. The van der Waals surface area contributed by atoms with Crippen molar-refractivity contribution in [1.29, 1.82) is 0 Å². The molecular weight excluding hydrogens is 436 g/mol. The second kappa shape index (κ2) is 9.58. The van der Waals surface area contributed by atoms with Crippen LogP contribution in [0.15, 0.2) is 72.8 Å². The summed E-state index contributed by atoms with van der Waals surface area (Å²) in [5.41, 5.74) is 1.77. The molecule has 0 bridgehead atoms. The third-order valence-corrected chi connectivity index (χ3v) is 5.53. The Morgan fingerprint density at radius 1 is 0.912 bits per heavy atom. The summed E-state index contributed by atoms with van der Waals surface area (Å²) in [5.74, 6) is -1.56. The number of fused-ring (bicyclic) bond motifs is 1. The number of hydrogen-bond acceptors (Lipinski definition) is 6. The van der Waals surface area contributed by atoms with E-state index in [0.29, 0.717) is 11.4 Å². The van der Waals surface area contributed by atoms with E-state index >= 15 is 0 Å². The summed E-state index contributed by atoms with van der Waals surface area (Å²) in [6, 6.07) is 19.6. The number of amides is 3. The molecule has 172 valence electrons. The van der Waals surface area contributed by atoms with Crippen LogP contribution >= 0.6 is 0 Å². The van der Waals surface area contributed by atoms with Crippen LogP contribution in [-0.2, 0) is 9.53 Å². The summed E-state index contributed by atoms with van der Waals surface area (Å²) in [7, 11) is 1.54. The van der Waals surface area contributed by atoms with Crippen molar-refractivity contribution in [3.05, 3.63) is 95.1 Å². The van der Waals surface area contributed by atoms with Crippen molar-refractivity contribution in [2.45, 2.75) is 13.0 Å². The van der Waals surface area contributed by atoms with Crippen LogP contribution in [-0.4, -0.2) is 42.3 Å². The molecule has 0 radical (unpaired) electrons. The highest BCUT2D eigenvalue weighted by atomic mass is 16.5. The number of nitrogens with one attached hydrogen (secondary N) is 1. The molecule has 1 atom stereocenters. The number of methoxy groups -OCH3 is 1. The number of esters is 1. The Morgan fingerprint density at radius 2 is 1.59 bits per heavy atom. The van der Waals surface area contributed by atoms with E-state index in [1.165, 1.54) is 30.2 Å². The molecule has 3 amide bonds. The van der Waals surface area contributed by atoms with E-state index in [9.17, 15) is 19.2 Å². The van der Waals surface area contributed by atoms with Gasteiger partial charge in [-0.15, -0.1) is 0 Å². The summed E-state index contributed by atoms with van der Waals surface area (Å²) in [6.45, 7) is 1.26. The zero-order valence-electron chi connectivity index (χ0n) is 18.6. The molecule has 0 saturated carbocycles. The fraction of sp³-hybridized carbons (Fsp3) is 0.154. The Bertz CT molecular complexity index is 1250. The lowest BCUT2D eigenvalue weighted by Crippen LogP contribution is -2.32. The van der Waals surface area contributed by atoms with Crippen molar-refractivity contribution in [2.24, 2.45) is 0 Å². The lowest BCUT2D eigenvalue weighted by Gasteiger charge is -2.22. The van der Waals surface area contributed by atoms with E-state index < -0.39 is 36.3 Å². The van der Waals surface area contributed by atoms with Crippen LogP contribution in [0.3, 0.4) is 0 Å². The Kier molecular flexibility index (Phi) is 6.40. The van der Waals surface area contributed by atoms with E-state index in [0.717, 1.165) is 5.56 Å². The summed E-state index contributed by atoms with van der Waals surface area (Å²) in [5, 5.41) is 2.61. The van der Waals surface area contributed by atoms with E-state index in [1.807, 2.05) is 30.3 Å². The van der Waals surface area contributed by atoms with Crippen molar-refractivity contribution < 1.29 is 28.7 Å². The maximum Gasteiger partial charge on any atom is 0.338 e. The number of carbonyl (C=O) groups is 4. The number of rotatable bonds is 7. The summed E-state index contributed by atoms with van der Waals surface area (Å²) >= 11 is 0. The minimum absolute atomic E-state index is 0.0753. The minimum Gasteiger partial charge on any atom is -0.497 e. The fourth-order valence-electron chi connectivity index (χ4n) is 3.70. The SMILES string of the molecule is COc1ccc(NC(=O)COC(=O)c2ccc3c(c2)C(=O)N([C@@H](C)c2ccccc2)C3=O)cc1. The normalized spacial score (nSPS) is 13.3. The van der Waals surface area contributed by atoms with Gasteiger partial charge in [0.2, 0.25) is 0 Å². The van der Waals surface area contributed by atoms with Crippen LogP contribution in [0.5, 0.6) is 5.75 Å². The zero-order valence-corrected chi connectivity index (χ0v) is 18.6. The molecule has 4 rings (SSSR count). The van der Waals surface area contributed by atoms with Crippen molar-refractivity contribution in [1.82, 2.24) is 4.90 Å². The van der Waals surface area contributed by atoms with E-state index in [2.05, 4.69) is 5.32 Å². The highest BCUT2D eigenvalue weighted by Crippen LogP contribution is 2.31. The van der Waals surface area contributed by atoms with Gasteiger partial charge >= 0.3 is 5.97 Å². The molecule has 3 aromatic carbocycles. The first kappa shape index (κ1) is 22.7. The lowest BCUT2D eigenvalue weighted by molar-refractivity contribution is -0.119. The number of anilines is 1. The van der Waals surface area contributed by atoms with Crippen molar-refractivity contribution in [3.63, 3.8) is 0 Å². The largest absolute Gasteiger partial charge is 0.497 e. The average Bonchev–Trinajstić information content (AvgIpc) is 3.12. The number of carbonyl (C=O) groups excluding carboxylic acids is 4. The Hall–Kier alpha value is -4.46. The smallest absolute Gasteiger partial charge is 0.338 e. The molecule has 1 heterocycles. The van der Waals surface area contributed by atoms with Gasteiger partial charge in [-0.05, 0) is 55.0 Å². The molecule has 0 aliphatic carbocycles. The molecule has 1 N–H and O–H groups in total. The maximum absolute atomic E-state index is 13.0. The Morgan fingerprint density at radius 3 is 2.26 bits per heavy atom. The van der Waals surface area contributed by atoms with Gasteiger partial charge < -0.3 is 14.8 Å². The molecule has 8 nitrogen and oxygen atoms in total. The summed E-state index contributed by atoms with van der Waals surface area (Å²) in [4.78, 5) is 51.6. The van der Waals surface area contributed by atoms with Gasteiger partial charge in [-0.25, -0.2) is 4.79 Å². The molecular formula is C26H22N2O6. The van der Waals surface area contributed by atoms with Crippen molar-refractivity contribution in [3.8, 4) is 5.75 Å². The molecule has 8 heteroatoms. The number of benzene rings is 3. The first-order chi connectivity index (χ1) is 16.4. The topological polar surface area (TPSA) is 102 Å². The van der Waals surface area contributed by atoms with E-state index in [-0.39, 0.29) is 16.7 Å². The van der Waals surface area contributed by atoms with Gasteiger partial charge in [0.15, 0.2) is 6.61 Å². The number of imide groups is 1. The average molecular weight is 458 g/mol. The maximum atomic E-state index is 13.0. The third kappa shape index (κ3) is 4.52. The summed E-state index contributed by atoms with van der Waals surface area (Å²) in [6.07, 6.45) is 0. The number of ether oxygens (including phenoxy) is 2. The molecule has 3 aromatic rings. The van der Waals surface area contributed by atoms with Crippen LogP contribution < -0.4 is 10.1 Å². The Balaban J connectivity index is 1.41. The molecule has 34 heavy (non-hydrogen) atoms. The van der Waals surface area contributed by atoms with Crippen LogP contribution in [0.25, 0.3) is 0 Å². The van der Waals surface area contributed by atoms with Crippen molar-refractivity contribution in [2.75, 3.05) is 19.0 Å². The molecule has 0 spiro atoms. The molecule has 1 aliphatic heterocycles. The predicted octanol–water partition coefficient (Wildman–Crippen LogP) is 3.85. The monoisotopic (exact) mass is 458 g/mol. The van der Waals surface area contributed by atoms with Crippen molar-refractivity contribution >= 4 is 29.4 Å². The van der Waals surface area contributed by atoms with Gasteiger partial charge in [0, 0.05) is 5.69 Å². The molecule has 0 unspecified atom stereocenters. The first-order valence-corrected chi connectivity index (χ1v) is 10.6. The van der Waals surface area contributed by atoms with Crippen LogP contribution in [0.2, 0.25) is 0 Å². The standard InChI is InChI=1S/C26H22N2O6/c1-16(17-6-4-3-5-7-17)28-24(30)21-13-8-18(14-22(21)25(28)31)26(32)34-15-23(29)27-19-9-11-20(33-2)12-10-19/h3-14,16H,15H2,1-2H3,(H,27,29)/t16-/m0/s1. The highest BCUT2D eigenvalue weighted by molar-refractivity contribution is 6.22. The van der Waals surface area contributed by atoms with Crippen LogP contribution in [0, 0.1) is 0 Å². The lowest BCUT2D eigenvalue weighted by atomic mass is 10.1. The second-order valence-corrected chi connectivity index (χ2v) is 7.68. The number of hydrogen-bond donors (Lipinski definition) is 1. The van der Waals surface area contributed by atoms with Gasteiger partial charge in [0.05, 0.1) is 29.8 Å². The highest BCUT2D eigenvalue weighted by Gasteiger charge is 2.39. The predicted molar refractivity (Wildman–Crippen MR) is 124 cm³/mol. The van der Waals surface area contributed by atoms with Gasteiger partial charge in [-0.3, -0.25) is 19.3 Å². The molecule has 0 saturated heterocycles. The molecule has 0 fully saturated rings. The third-order valence-electron chi connectivity index (χ3n) is 5.53. The van der Waals surface area contributed by atoms with Crippen LogP contribution in [0.4, 0.5) is 5.69 Å². The molecule has 1 aliphatic rings. The second-order valence-electron chi connectivity index (χ2n) is 7.68. The first-order valence-electron chi connectivity index (χ1n) is 10.6. The van der Waals surface area contributed by atoms with E-state index in [4.69, 9.17) is 9.47 Å². The van der Waals surface area contributed by atoms with Gasteiger partial charge in [0.1, 0.15) is 5.75 Å². The fourth-order valence-corrected chi connectivity index (χ4v) is 3.70. The molecule has 0 aromatic heterocycles. The Labute approximate surface area is 196 Å². The van der Waals surface area contributed by atoms with Gasteiger partial charge in [-0.1, -0.05) is 30.3 Å². The van der Waals surface area contributed by atoms with Crippen LogP contribution in [0.1, 0.15) is 49.6 Å². The zero-order chi connectivity index (χ0) is 24.2. The quantitative estimate of drug-likeness (QED) is 0.426. The van der Waals surface area contributed by atoms with E-state index in [1.54, 1.807) is 31.2 Å².